The summed E-state index contributed by atoms with van der Waals surface area (Å²) in [6, 6.07) is 17.3. The highest BCUT2D eigenvalue weighted by atomic mass is 32.1. The highest BCUT2D eigenvalue weighted by Gasteiger charge is 2.16. The highest BCUT2D eigenvalue weighted by molar-refractivity contribution is 7.17. The fraction of sp³-hybridized carbons (Fsp3) is 0.417. The summed E-state index contributed by atoms with van der Waals surface area (Å²) < 4.78 is 12.5. The zero-order chi connectivity index (χ0) is 19.9. The molecular formula is C24H30N2O2S. The SMILES string of the molecule is COc1ccc(CN2CCN(CCOCCc3ccc4sccc4c3)CC2)cc1. The molecule has 4 nitrogen and oxygen atoms in total. The van der Waals surface area contributed by atoms with Crippen molar-refractivity contribution in [1.29, 1.82) is 0 Å². The van der Waals surface area contributed by atoms with E-state index in [0.717, 1.165) is 64.7 Å². The molecule has 154 valence electrons. The van der Waals surface area contributed by atoms with Crippen LogP contribution >= 0.6 is 11.3 Å². The summed E-state index contributed by atoms with van der Waals surface area (Å²) in [6.45, 7) is 8.14. The lowest BCUT2D eigenvalue weighted by Gasteiger charge is -2.34. The summed E-state index contributed by atoms with van der Waals surface area (Å²) in [5.41, 5.74) is 2.71. The fourth-order valence-corrected chi connectivity index (χ4v) is 4.59. The molecule has 0 bridgehead atoms. The van der Waals surface area contributed by atoms with Crippen LogP contribution in [0.4, 0.5) is 0 Å². The number of ether oxygens (including phenoxy) is 2. The second kappa shape index (κ2) is 10.2. The predicted octanol–water partition coefficient (Wildman–Crippen LogP) is 4.29. The Morgan fingerprint density at radius 3 is 2.41 bits per heavy atom. The van der Waals surface area contributed by atoms with Gasteiger partial charge in [0.1, 0.15) is 5.75 Å². The van der Waals surface area contributed by atoms with Crippen molar-refractivity contribution < 1.29 is 9.47 Å². The standard InChI is InChI=1S/C24H30N2O2S/c1-27-23-5-2-21(3-6-23)19-26-12-10-25(11-13-26)14-16-28-15-8-20-4-7-24-22(18-20)9-17-29-24/h2-7,9,17-18H,8,10-16,19H2,1H3. The topological polar surface area (TPSA) is 24.9 Å². The number of nitrogens with zero attached hydrogens (tertiary/aromatic N) is 2. The molecule has 5 heteroatoms. The quantitative estimate of drug-likeness (QED) is 0.492. The molecule has 0 N–H and O–H groups in total. The first-order valence-corrected chi connectivity index (χ1v) is 11.3. The van der Waals surface area contributed by atoms with Crippen LogP contribution in [0.1, 0.15) is 11.1 Å². The Hall–Kier alpha value is -1.92. The largest absolute Gasteiger partial charge is 0.497 e. The number of benzene rings is 2. The molecule has 1 aromatic heterocycles. The van der Waals surface area contributed by atoms with Crippen molar-refractivity contribution >= 4 is 21.4 Å². The Labute approximate surface area is 177 Å². The van der Waals surface area contributed by atoms with Gasteiger partial charge >= 0.3 is 0 Å². The lowest BCUT2D eigenvalue weighted by molar-refractivity contribution is 0.0747. The second-order valence-corrected chi connectivity index (χ2v) is 8.57. The second-order valence-electron chi connectivity index (χ2n) is 7.62. The van der Waals surface area contributed by atoms with Crippen LogP contribution in [0.2, 0.25) is 0 Å². The van der Waals surface area contributed by atoms with Gasteiger partial charge in [0, 0.05) is 44.0 Å². The molecule has 2 aromatic carbocycles. The van der Waals surface area contributed by atoms with Crippen LogP contribution in [0.15, 0.2) is 53.9 Å². The summed E-state index contributed by atoms with van der Waals surface area (Å²) in [5.74, 6) is 0.922. The van der Waals surface area contributed by atoms with Crippen molar-refractivity contribution in [2.75, 3.05) is 53.0 Å². The normalized spacial score (nSPS) is 15.8. The molecule has 4 rings (SSSR count). The number of rotatable bonds is 9. The van der Waals surface area contributed by atoms with E-state index in [1.54, 1.807) is 18.4 Å². The van der Waals surface area contributed by atoms with Gasteiger partial charge in [0.25, 0.3) is 0 Å². The molecule has 1 fully saturated rings. The Balaban J connectivity index is 1.10. The lowest BCUT2D eigenvalue weighted by atomic mass is 10.1. The molecule has 1 aliphatic heterocycles. The van der Waals surface area contributed by atoms with Gasteiger partial charge in [-0.3, -0.25) is 9.80 Å². The molecule has 0 aliphatic carbocycles. The third-order valence-electron chi connectivity index (χ3n) is 5.63. The van der Waals surface area contributed by atoms with Crippen molar-refractivity contribution in [2.45, 2.75) is 13.0 Å². The van der Waals surface area contributed by atoms with Crippen LogP contribution < -0.4 is 4.74 Å². The third kappa shape index (κ3) is 5.80. The van der Waals surface area contributed by atoms with Crippen LogP contribution in [0.5, 0.6) is 5.75 Å². The van der Waals surface area contributed by atoms with Gasteiger partial charge in [-0.2, -0.15) is 0 Å². The minimum atomic E-state index is 0.799. The summed E-state index contributed by atoms with van der Waals surface area (Å²) in [6.07, 6.45) is 0.988. The minimum Gasteiger partial charge on any atom is -0.497 e. The van der Waals surface area contributed by atoms with E-state index in [1.165, 1.54) is 21.2 Å². The summed E-state index contributed by atoms with van der Waals surface area (Å²) >= 11 is 1.80. The molecule has 0 atom stereocenters. The third-order valence-corrected chi connectivity index (χ3v) is 6.53. The van der Waals surface area contributed by atoms with E-state index in [2.05, 4.69) is 51.6 Å². The van der Waals surface area contributed by atoms with E-state index in [9.17, 15) is 0 Å². The molecule has 3 aromatic rings. The molecule has 1 saturated heterocycles. The molecule has 0 radical (unpaired) electrons. The van der Waals surface area contributed by atoms with E-state index in [0.29, 0.717) is 0 Å². The maximum Gasteiger partial charge on any atom is 0.118 e. The molecule has 0 amide bonds. The van der Waals surface area contributed by atoms with Crippen LogP contribution in [0, 0.1) is 0 Å². The highest BCUT2D eigenvalue weighted by Crippen LogP contribution is 2.22. The van der Waals surface area contributed by atoms with Crippen LogP contribution in [-0.2, 0) is 17.7 Å². The van der Waals surface area contributed by atoms with Crippen molar-refractivity contribution in [3.05, 3.63) is 65.0 Å². The Morgan fingerprint density at radius 2 is 1.62 bits per heavy atom. The van der Waals surface area contributed by atoms with E-state index in [4.69, 9.17) is 9.47 Å². The number of thiophene rings is 1. The molecule has 0 unspecified atom stereocenters. The first-order valence-electron chi connectivity index (χ1n) is 10.4. The first kappa shape index (κ1) is 20.4. The van der Waals surface area contributed by atoms with Crippen molar-refractivity contribution in [3.63, 3.8) is 0 Å². The molecule has 0 saturated carbocycles. The van der Waals surface area contributed by atoms with Crippen LogP contribution in [-0.4, -0.2) is 62.8 Å². The number of piperazine rings is 1. The lowest BCUT2D eigenvalue weighted by Crippen LogP contribution is -2.46. The Bertz CT molecular complexity index is 885. The summed E-state index contributed by atoms with van der Waals surface area (Å²) in [4.78, 5) is 5.04. The smallest absolute Gasteiger partial charge is 0.118 e. The number of fused-ring (bicyclic) bond motifs is 1. The van der Waals surface area contributed by atoms with Gasteiger partial charge in [0.15, 0.2) is 0 Å². The zero-order valence-corrected chi connectivity index (χ0v) is 18.0. The number of hydrogen-bond donors (Lipinski definition) is 0. The van der Waals surface area contributed by atoms with Gasteiger partial charge < -0.3 is 9.47 Å². The van der Waals surface area contributed by atoms with Gasteiger partial charge in [0.05, 0.1) is 20.3 Å². The van der Waals surface area contributed by atoms with Gasteiger partial charge in [0.2, 0.25) is 0 Å². The van der Waals surface area contributed by atoms with Crippen molar-refractivity contribution in [1.82, 2.24) is 9.80 Å². The summed E-state index contributed by atoms with van der Waals surface area (Å²) in [7, 11) is 1.71. The fourth-order valence-electron chi connectivity index (χ4n) is 3.82. The first-order chi connectivity index (χ1) is 14.3. The zero-order valence-electron chi connectivity index (χ0n) is 17.2. The number of hydrogen-bond acceptors (Lipinski definition) is 5. The van der Waals surface area contributed by atoms with E-state index in [1.807, 2.05) is 12.1 Å². The van der Waals surface area contributed by atoms with Crippen molar-refractivity contribution in [2.24, 2.45) is 0 Å². The number of methoxy groups -OCH3 is 1. The van der Waals surface area contributed by atoms with E-state index in [-0.39, 0.29) is 0 Å². The average molecular weight is 411 g/mol. The Morgan fingerprint density at radius 1 is 0.862 bits per heavy atom. The van der Waals surface area contributed by atoms with E-state index >= 15 is 0 Å². The van der Waals surface area contributed by atoms with Gasteiger partial charge in [-0.25, -0.2) is 0 Å². The average Bonchev–Trinajstić information content (AvgIpc) is 3.23. The molecule has 0 spiro atoms. The van der Waals surface area contributed by atoms with Crippen LogP contribution in [0.25, 0.3) is 10.1 Å². The maximum absolute atomic E-state index is 5.91. The Kier molecular flexibility index (Phi) is 7.17. The van der Waals surface area contributed by atoms with Gasteiger partial charge in [-0.1, -0.05) is 24.3 Å². The monoisotopic (exact) mass is 410 g/mol. The van der Waals surface area contributed by atoms with Gasteiger partial charge in [-0.15, -0.1) is 11.3 Å². The van der Waals surface area contributed by atoms with Crippen LogP contribution in [0.3, 0.4) is 0 Å². The van der Waals surface area contributed by atoms with Gasteiger partial charge in [-0.05, 0) is 52.6 Å². The molecular weight excluding hydrogens is 380 g/mol. The van der Waals surface area contributed by atoms with Crippen molar-refractivity contribution in [3.8, 4) is 5.75 Å². The van der Waals surface area contributed by atoms with E-state index < -0.39 is 0 Å². The predicted molar refractivity (Wildman–Crippen MR) is 121 cm³/mol. The minimum absolute atomic E-state index is 0.799. The molecule has 1 aliphatic rings. The molecule has 29 heavy (non-hydrogen) atoms. The maximum atomic E-state index is 5.91. The summed E-state index contributed by atoms with van der Waals surface area (Å²) in [5, 5.41) is 3.50. The molecule has 2 heterocycles.